The van der Waals surface area contributed by atoms with Crippen LogP contribution in [0.25, 0.3) is 0 Å². The Bertz CT molecular complexity index is 593. The van der Waals surface area contributed by atoms with E-state index in [-0.39, 0.29) is 5.92 Å². The van der Waals surface area contributed by atoms with Gasteiger partial charge >= 0.3 is 0 Å². The van der Waals surface area contributed by atoms with Crippen LogP contribution in [0.1, 0.15) is 39.4 Å². The third kappa shape index (κ3) is 2.46. The lowest BCUT2D eigenvalue weighted by Crippen LogP contribution is -2.04. The van der Waals surface area contributed by atoms with Gasteiger partial charge in [-0.3, -0.25) is 4.79 Å². The molecule has 0 saturated heterocycles. The highest BCUT2D eigenvalue weighted by Crippen LogP contribution is 2.49. The maximum atomic E-state index is 12.5. The van der Waals surface area contributed by atoms with E-state index in [0.29, 0.717) is 11.7 Å². The summed E-state index contributed by atoms with van der Waals surface area (Å²) in [6.45, 7) is 4.09. The lowest BCUT2D eigenvalue weighted by atomic mass is 9.99. The fourth-order valence-electron chi connectivity index (χ4n) is 2.88. The number of ketones is 1. The summed E-state index contributed by atoms with van der Waals surface area (Å²) < 4.78 is 0. The molecule has 2 unspecified atom stereocenters. The third-order valence-corrected chi connectivity index (χ3v) is 3.86. The molecule has 2 aromatic rings. The monoisotopic (exact) mass is 250 g/mol. The average Bonchev–Trinajstić information content (AvgIpc) is 3.18. The van der Waals surface area contributed by atoms with Gasteiger partial charge < -0.3 is 0 Å². The number of rotatable bonds is 3. The van der Waals surface area contributed by atoms with Gasteiger partial charge in [0, 0.05) is 11.5 Å². The Kier molecular flexibility index (Phi) is 2.98. The molecule has 1 nitrogen and oxygen atoms in total. The van der Waals surface area contributed by atoms with Crippen molar-refractivity contribution in [3.05, 3.63) is 70.8 Å². The molecule has 0 heterocycles. The Balaban J connectivity index is 1.80. The standard InChI is InChI=1S/C18H18O/c1-12-8-13(2)10-15(9-12)18(19)17-11-16(17)14-6-4-3-5-7-14/h3-10,16-17H,11H2,1-2H3. The maximum absolute atomic E-state index is 12.5. The Labute approximate surface area is 114 Å². The lowest BCUT2D eigenvalue weighted by molar-refractivity contribution is 0.0965. The Hall–Kier alpha value is -1.89. The van der Waals surface area contributed by atoms with Crippen molar-refractivity contribution in [1.82, 2.24) is 0 Å². The summed E-state index contributed by atoms with van der Waals surface area (Å²) in [6, 6.07) is 16.5. The van der Waals surface area contributed by atoms with Crippen LogP contribution in [-0.4, -0.2) is 5.78 Å². The smallest absolute Gasteiger partial charge is 0.166 e. The van der Waals surface area contributed by atoms with Crippen LogP contribution >= 0.6 is 0 Å². The van der Waals surface area contributed by atoms with Gasteiger partial charge in [-0.25, -0.2) is 0 Å². The van der Waals surface area contributed by atoms with Gasteiger partial charge in [0.2, 0.25) is 0 Å². The summed E-state index contributed by atoms with van der Waals surface area (Å²) in [5, 5.41) is 0. The second-order valence-corrected chi connectivity index (χ2v) is 5.60. The predicted octanol–water partition coefficient (Wildman–Crippen LogP) is 4.29. The van der Waals surface area contributed by atoms with E-state index in [0.717, 1.165) is 12.0 Å². The number of aryl methyl sites for hydroxylation is 2. The number of hydrogen-bond donors (Lipinski definition) is 0. The molecule has 0 aromatic heterocycles. The first-order chi connectivity index (χ1) is 9.15. The number of hydrogen-bond acceptors (Lipinski definition) is 1. The highest BCUT2D eigenvalue weighted by atomic mass is 16.1. The van der Waals surface area contributed by atoms with Gasteiger partial charge in [-0.2, -0.15) is 0 Å². The summed E-state index contributed by atoms with van der Waals surface area (Å²) >= 11 is 0. The molecule has 19 heavy (non-hydrogen) atoms. The fourth-order valence-corrected chi connectivity index (χ4v) is 2.88. The minimum atomic E-state index is 0.184. The first-order valence-corrected chi connectivity index (χ1v) is 6.82. The summed E-state index contributed by atoms with van der Waals surface area (Å²) in [6.07, 6.45) is 0.996. The summed E-state index contributed by atoms with van der Waals surface area (Å²) in [5.74, 6) is 0.916. The van der Waals surface area contributed by atoms with E-state index in [1.807, 2.05) is 44.2 Å². The van der Waals surface area contributed by atoms with Crippen molar-refractivity contribution < 1.29 is 4.79 Å². The van der Waals surface area contributed by atoms with Gasteiger partial charge in [-0.15, -0.1) is 0 Å². The molecule has 1 fully saturated rings. The number of carbonyl (C=O) groups excluding carboxylic acids is 1. The van der Waals surface area contributed by atoms with Crippen LogP contribution in [0.2, 0.25) is 0 Å². The van der Waals surface area contributed by atoms with Crippen LogP contribution in [0.15, 0.2) is 48.5 Å². The van der Waals surface area contributed by atoms with E-state index >= 15 is 0 Å². The number of carbonyl (C=O) groups is 1. The van der Waals surface area contributed by atoms with Crippen molar-refractivity contribution in [3.63, 3.8) is 0 Å². The third-order valence-electron chi connectivity index (χ3n) is 3.86. The minimum Gasteiger partial charge on any atom is -0.294 e. The van der Waals surface area contributed by atoms with E-state index in [1.165, 1.54) is 16.7 Å². The van der Waals surface area contributed by atoms with Gasteiger partial charge in [0.25, 0.3) is 0 Å². The zero-order valence-corrected chi connectivity index (χ0v) is 11.4. The van der Waals surface area contributed by atoms with E-state index in [9.17, 15) is 4.79 Å². The van der Waals surface area contributed by atoms with Gasteiger partial charge in [0.05, 0.1) is 0 Å². The molecule has 2 aromatic carbocycles. The average molecular weight is 250 g/mol. The molecule has 0 bridgehead atoms. The second kappa shape index (κ2) is 4.65. The van der Waals surface area contributed by atoms with Crippen molar-refractivity contribution in [2.24, 2.45) is 5.92 Å². The van der Waals surface area contributed by atoms with Crippen LogP contribution in [0.4, 0.5) is 0 Å². The Morgan fingerprint density at radius 1 is 1.00 bits per heavy atom. The van der Waals surface area contributed by atoms with E-state index < -0.39 is 0 Å². The molecule has 1 aliphatic carbocycles. The summed E-state index contributed by atoms with van der Waals surface area (Å²) in [4.78, 5) is 12.5. The molecule has 2 atom stereocenters. The van der Waals surface area contributed by atoms with Crippen LogP contribution in [0.5, 0.6) is 0 Å². The molecule has 0 spiro atoms. The number of benzene rings is 2. The molecule has 0 radical (unpaired) electrons. The minimum absolute atomic E-state index is 0.184. The molecule has 3 rings (SSSR count). The van der Waals surface area contributed by atoms with Crippen molar-refractivity contribution in [3.8, 4) is 0 Å². The Morgan fingerprint density at radius 2 is 1.63 bits per heavy atom. The van der Waals surface area contributed by atoms with Crippen molar-refractivity contribution in [1.29, 1.82) is 0 Å². The first kappa shape index (κ1) is 12.2. The molecule has 1 saturated carbocycles. The van der Waals surface area contributed by atoms with E-state index in [4.69, 9.17) is 0 Å². The lowest BCUT2D eigenvalue weighted by Gasteiger charge is -2.04. The molecule has 0 amide bonds. The highest BCUT2D eigenvalue weighted by molar-refractivity contribution is 6.00. The van der Waals surface area contributed by atoms with Crippen molar-refractivity contribution in [2.45, 2.75) is 26.2 Å². The second-order valence-electron chi connectivity index (χ2n) is 5.60. The predicted molar refractivity (Wildman–Crippen MR) is 77.5 cm³/mol. The SMILES string of the molecule is Cc1cc(C)cc(C(=O)C2CC2c2ccccc2)c1. The van der Waals surface area contributed by atoms with Gasteiger partial charge in [0.1, 0.15) is 0 Å². The zero-order chi connectivity index (χ0) is 13.4. The van der Waals surface area contributed by atoms with Gasteiger partial charge in [-0.1, -0.05) is 47.5 Å². The quantitative estimate of drug-likeness (QED) is 0.743. The first-order valence-electron chi connectivity index (χ1n) is 6.82. The van der Waals surface area contributed by atoms with Crippen LogP contribution in [0, 0.1) is 19.8 Å². The van der Waals surface area contributed by atoms with Gasteiger partial charge in [-0.05, 0) is 43.9 Å². The highest BCUT2D eigenvalue weighted by Gasteiger charge is 2.43. The van der Waals surface area contributed by atoms with Crippen molar-refractivity contribution in [2.75, 3.05) is 0 Å². The normalized spacial score (nSPS) is 21.2. The van der Waals surface area contributed by atoms with E-state index in [2.05, 4.69) is 18.2 Å². The Morgan fingerprint density at radius 3 is 2.26 bits per heavy atom. The maximum Gasteiger partial charge on any atom is 0.166 e. The molecular weight excluding hydrogens is 232 g/mol. The number of Topliss-reactive ketones (excluding diaryl/α,β-unsaturated/α-hetero) is 1. The molecule has 0 aliphatic heterocycles. The van der Waals surface area contributed by atoms with Crippen LogP contribution in [0.3, 0.4) is 0 Å². The molecule has 1 aliphatic rings. The fraction of sp³-hybridized carbons (Fsp3) is 0.278. The largest absolute Gasteiger partial charge is 0.294 e. The zero-order valence-electron chi connectivity index (χ0n) is 11.4. The summed E-state index contributed by atoms with van der Waals surface area (Å²) in [7, 11) is 0. The molecular formula is C18H18O. The summed E-state index contributed by atoms with van der Waals surface area (Å²) in [5.41, 5.74) is 4.51. The molecule has 0 N–H and O–H groups in total. The van der Waals surface area contributed by atoms with Crippen LogP contribution < -0.4 is 0 Å². The topological polar surface area (TPSA) is 17.1 Å². The molecule has 1 heteroatoms. The molecule has 96 valence electrons. The van der Waals surface area contributed by atoms with E-state index in [1.54, 1.807) is 0 Å². The van der Waals surface area contributed by atoms with Crippen molar-refractivity contribution >= 4 is 5.78 Å². The van der Waals surface area contributed by atoms with Crippen LogP contribution in [-0.2, 0) is 0 Å². The van der Waals surface area contributed by atoms with Gasteiger partial charge in [0.15, 0.2) is 5.78 Å².